The molecule has 1 aliphatic heterocycles. The van der Waals surface area contributed by atoms with Gasteiger partial charge >= 0.3 is 0 Å². The number of benzene rings is 2. The number of nitrogens with zero attached hydrogens (tertiary/aromatic N) is 2. The van der Waals surface area contributed by atoms with E-state index in [1.54, 1.807) is 17.0 Å². The zero-order valence-electron chi connectivity index (χ0n) is 12.2. The molecule has 1 atom stereocenters. The van der Waals surface area contributed by atoms with Crippen LogP contribution in [0.4, 0.5) is 11.4 Å². The largest absolute Gasteiger partial charge is 0.311 e. The molecule has 1 aliphatic rings. The highest BCUT2D eigenvalue weighted by Crippen LogP contribution is 2.31. The van der Waals surface area contributed by atoms with Gasteiger partial charge < -0.3 is 4.90 Å². The Bertz CT molecular complexity index is 725. The molecule has 5 heteroatoms. The SMILES string of the molecule is CC(C(=O)N1CCc2ccccc21)c1ccc([N+](=O)[O-])cc1. The summed E-state index contributed by atoms with van der Waals surface area (Å²) in [5.74, 6) is -0.300. The van der Waals surface area contributed by atoms with E-state index >= 15 is 0 Å². The average molecular weight is 296 g/mol. The number of rotatable bonds is 3. The van der Waals surface area contributed by atoms with Crippen molar-refractivity contribution in [3.05, 3.63) is 69.8 Å². The monoisotopic (exact) mass is 296 g/mol. The lowest BCUT2D eigenvalue weighted by Gasteiger charge is -2.22. The van der Waals surface area contributed by atoms with Crippen molar-refractivity contribution in [1.82, 2.24) is 0 Å². The Balaban J connectivity index is 1.82. The first-order chi connectivity index (χ1) is 10.6. The molecule has 22 heavy (non-hydrogen) atoms. The van der Waals surface area contributed by atoms with Crippen LogP contribution >= 0.6 is 0 Å². The van der Waals surface area contributed by atoms with Gasteiger partial charge in [-0.05, 0) is 30.5 Å². The lowest BCUT2D eigenvalue weighted by atomic mass is 9.99. The van der Waals surface area contributed by atoms with Crippen LogP contribution in [-0.4, -0.2) is 17.4 Å². The fraction of sp³-hybridized carbons (Fsp3) is 0.235. The number of para-hydroxylation sites is 1. The van der Waals surface area contributed by atoms with Crippen molar-refractivity contribution in [3.8, 4) is 0 Å². The molecule has 0 bridgehead atoms. The standard InChI is InChI=1S/C17H16N2O3/c1-12(13-6-8-15(9-7-13)19(21)22)17(20)18-11-10-14-4-2-3-5-16(14)18/h2-9,12H,10-11H2,1H3. The molecule has 0 aromatic heterocycles. The number of amides is 1. The molecule has 0 saturated carbocycles. The summed E-state index contributed by atoms with van der Waals surface area (Å²) in [5, 5.41) is 10.7. The topological polar surface area (TPSA) is 63.5 Å². The smallest absolute Gasteiger partial charge is 0.269 e. The van der Waals surface area contributed by atoms with Gasteiger partial charge in [-0.1, -0.05) is 30.3 Å². The molecule has 2 aromatic rings. The minimum absolute atomic E-state index is 0.0267. The maximum atomic E-state index is 12.7. The van der Waals surface area contributed by atoms with E-state index in [0.717, 1.165) is 17.7 Å². The fourth-order valence-corrected chi connectivity index (χ4v) is 2.83. The minimum atomic E-state index is -0.438. The number of anilines is 1. The first-order valence-corrected chi connectivity index (χ1v) is 7.21. The molecule has 5 nitrogen and oxygen atoms in total. The molecule has 0 spiro atoms. The van der Waals surface area contributed by atoms with Gasteiger partial charge in [0.15, 0.2) is 0 Å². The van der Waals surface area contributed by atoms with Gasteiger partial charge in [0.2, 0.25) is 5.91 Å². The van der Waals surface area contributed by atoms with Crippen LogP contribution < -0.4 is 4.90 Å². The molecular formula is C17H16N2O3. The predicted molar refractivity (Wildman–Crippen MR) is 84.0 cm³/mol. The molecular weight excluding hydrogens is 280 g/mol. The van der Waals surface area contributed by atoms with E-state index < -0.39 is 4.92 Å². The first kappa shape index (κ1) is 14.3. The highest BCUT2D eigenvalue weighted by Gasteiger charge is 2.28. The Kier molecular flexibility index (Phi) is 3.63. The maximum absolute atomic E-state index is 12.7. The van der Waals surface area contributed by atoms with Crippen LogP contribution in [0.15, 0.2) is 48.5 Å². The summed E-state index contributed by atoms with van der Waals surface area (Å²) in [7, 11) is 0. The van der Waals surface area contributed by atoms with Crippen molar-refractivity contribution in [2.24, 2.45) is 0 Å². The number of carbonyl (C=O) groups is 1. The second-order valence-electron chi connectivity index (χ2n) is 5.44. The minimum Gasteiger partial charge on any atom is -0.311 e. The van der Waals surface area contributed by atoms with Gasteiger partial charge in [-0.3, -0.25) is 14.9 Å². The Hall–Kier alpha value is -2.69. The third-order valence-corrected chi connectivity index (χ3v) is 4.13. The normalized spacial score (nSPS) is 14.5. The van der Waals surface area contributed by atoms with Crippen LogP contribution in [0, 0.1) is 10.1 Å². The molecule has 0 aliphatic carbocycles. The number of nitro groups is 1. The number of hydrogen-bond acceptors (Lipinski definition) is 3. The van der Waals surface area contributed by atoms with E-state index in [0.29, 0.717) is 6.54 Å². The molecule has 1 unspecified atom stereocenters. The van der Waals surface area contributed by atoms with Crippen LogP contribution in [0.3, 0.4) is 0 Å². The van der Waals surface area contributed by atoms with Crippen molar-refractivity contribution in [3.63, 3.8) is 0 Å². The van der Waals surface area contributed by atoms with E-state index in [2.05, 4.69) is 0 Å². The summed E-state index contributed by atoms with van der Waals surface area (Å²) >= 11 is 0. The predicted octanol–water partition coefficient (Wildman–Crippen LogP) is 3.29. The zero-order valence-corrected chi connectivity index (χ0v) is 12.2. The van der Waals surface area contributed by atoms with Gasteiger partial charge in [0.1, 0.15) is 0 Å². The molecule has 0 radical (unpaired) electrons. The molecule has 3 rings (SSSR count). The molecule has 2 aromatic carbocycles. The quantitative estimate of drug-likeness (QED) is 0.645. The molecule has 0 N–H and O–H groups in total. The van der Waals surface area contributed by atoms with Crippen LogP contribution in [0.25, 0.3) is 0 Å². The van der Waals surface area contributed by atoms with Gasteiger partial charge in [-0.2, -0.15) is 0 Å². The van der Waals surface area contributed by atoms with Crippen LogP contribution in [0.1, 0.15) is 24.0 Å². The molecule has 112 valence electrons. The van der Waals surface area contributed by atoms with E-state index in [9.17, 15) is 14.9 Å². The van der Waals surface area contributed by atoms with Gasteiger partial charge in [0.25, 0.3) is 5.69 Å². The second-order valence-corrected chi connectivity index (χ2v) is 5.44. The van der Waals surface area contributed by atoms with Crippen molar-refractivity contribution >= 4 is 17.3 Å². The van der Waals surface area contributed by atoms with E-state index in [1.165, 1.54) is 17.7 Å². The van der Waals surface area contributed by atoms with Crippen LogP contribution in [-0.2, 0) is 11.2 Å². The number of carbonyl (C=O) groups excluding carboxylic acids is 1. The van der Waals surface area contributed by atoms with Crippen molar-refractivity contribution in [1.29, 1.82) is 0 Å². The average Bonchev–Trinajstić information content (AvgIpc) is 2.97. The number of fused-ring (bicyclic) bond motifs is 1. The Labute approximate surface area is 128 Å². The van der Waals surface area contributed by atoms with Gasteiger partial charge in [-0.25, -0.2) is 0 Å². The summed E-state index contributed by atoms with van der Waals surface area (Å²) < 4.78 is 0. The lowest BCUT2D eigenvalue weighted by molar-refractivity contribution is -0.384. The van der Waals surface area contributed by atoms with Crippen molar-refractivity contribution < 1.29 is 9.72 Å². The third-order valence-electron chi connectivity index (χ3n) is 4.13. The van der Waals surface area contributed by atoms with E-state index in [-0.39, 0.29) is 17.5 Å². The van der Waals surface area contributed by atoms with Crippen LogP contribution in [0.2, 0.25) is 0 Å². The lowest BCUT2D eigenvalue weighted by Crippen LogP contribution is -2.32. The zero-order chi connectivity index (χ0) is 15.7. The third kappa shape index (κ3) is 2.45. The van der Waals surface area contributed by atoms with Crippen LogP contribution in [0.5, 0.6) is 0 Å². The summed E-state index contributed by atoms with van der Waals surface area (Å²) in [6.45, 7) is 2.53. The molecule has 0 saturated heterocycles. The Morgan fingerprint density at radius 1 is 1.18 bits per heavy atom. The van der Waals surface area contributed by atoms with Crippen molar-refractivity contribution in [2.75, 3.05) is 11.4 Å². The van der Waals surface area contributed by atoms with Gasteiger partial charge in [0, 0.05) is 24.4 Å². The maximum Gasteiger partial charge on any atom is 0.269 e. The molecule has 1 amide bonds. The first-order valence-electron chi connectivity index (χ1n) is 7.21. The summed E-state index contributed by atoms with van der Waals surface area (Å²) in [4.78, 5) is 24.8. The van der Waals surface area contributed by atoms with E-state index in [1.807, 2.05) is 31.2 Å². The van der Waals surface area contributed by atoms with Crippen molar-refractivity contribution in [2.45, 2.75) is 19.3 Å². The molecule has 1 heterocycles. The highest BCUT2D eigenvalue weighted by molar-refractivity contribution is 5.99. The summed E-state index contributed by atoms with van der Waals surface area (Å²) in [6.07, 6.45) is 0.870. The summed E-state index contributed by atoms with van der Waals surface area (Å²) in [6, 6.07) is 14.1. The second kappa shape index (κ2) is 5.60. The Morgan fingerprint density at radius 3 is 2.55 bits per heavy atom. The number of non-ortho nitro benzene ring substituents is 1. The summed E-state index contributed by atoms with van der Waals surface area (Å²) in [5.41, 5.74) is 2.99. The fourth-order valence-electron chi connectivity index (χ4n) is 2.83. The number of nitro benzene ring substituents is 1. The van der Waals surface area contributed by atoms with E-state index in [4.69, 9.17) is 0 Å². The highest BCUT2D eigenvalue weighted by atomic mass is 16.6. The number of hydrogen-bond donors (Lipinski definition) is 0. The molecule has 0 fully saturated rings. The van der Waals surface area contributed by atoms with Gasteiger partial charge in [0.05, 0.1) is 10.8 Å². The Morgan fingerprint density at radius 2 is 1.86 bits per heavy atom. The van der Waals surface area contributed by atoms with Gasteiger partial charge in [-0.15, -0.1) is 0 Å².